The van der Waals surface area contributed by atoms with E-state index in [1.807, 2.05) is 0 Å². The number of aromatic nitrogens is 2. The first kappa shape index (κ1) is 12.8. The van der Waals surface area contributed by atoms with Crippen molar-refractivity contribution in [3.8, 4) is 5.69 Å². The first-order valence-corrected chi connectivity index (χ1v) is 5.65. The van der Waals surface area contributed by atoms with Crippen molar-refractivity contribution in [3.05, 3.63) is 48.3 Å². The van der Waals surface area contributed by atoms with Crippen LogP contribution in [0.5, 0.6) is 0 Å². The second kappa shape index (κ2) is 5.34. The van der Waals surface area contributed by atoms with Gasteiger partial charge in [-0.15, -0.1) is 0 Å². The standard InChI is InChI=1S/C13H13N3O3/c1-15(9-12(17)18)13(19)10-3-5-11(6-4-10)16-8-2-7-14-16/h2-8H,9H2,1H3,(H,17,18). The summed E-state index contributed by atoms with van der Waals surface area (Å²) in [4.78, 5) is 23.6. The minimum atomic E-state index is -1.04. The summed E-state index contributed by atoms with van der Waals surface area (Å²) in [6.07, 6.45) is 3.47. The van der Waals surface area contributed by atoms with E-state index >= 15 is 0 Å². The van der Waals surface area contributed by atoms with E-state index < -0.39 is 5.97 Å². The van der Waals surface area contributed by atoms with Crippen molar-refractivity contribution >= 4 is 11.9 Å². The zero-order valence-corrected chi connectivity index (χ0v) is 10.4. The lowest BCUT2D eigenvalue weighted by molar-refractivity contribution is -0.137. The molecule has 0 aliphatic carbocycles. The fraction of sp³-hybridized carbons (Fsp3) is 0.154. The van der Waals surface area contributed by atoms with Crippen LogP contribution in [-0.4, -0.2) is 45.3 Å². The molecule has 6 nitrogen and oxygen atoms in total. The molecule has 0 aliphatic heterocycles. The number of amides is 1. The van der Waals surface area contributed by atoms with Gasteiger partial charge in [-0.25, -0.2) is 4.68 Å². The van der Waals surface area contributed by atoms with E-state index in [1.165, 1.54) is 7.05 Å². The van der Waals surface area contributed by atoms with Gasteiger partial charge < -0.3 is 10.0 Å². The molecule has 2 rings (SSSR count). The van der Waals surface area contributed by atoms with Crippen molar-refractivity contribution in [1.29, 1.82) is 0 Å². The normalized spacial score (nSPS) is 10.2. The molecule has 2 aromatic rings. The van der Waals surface area contributed by atoms with Crippen LogP contribution in [0.25, 0.3) is 5.69 Å². The Morgan fingerprint density at radius 1 is 1.32 bits per heavy atom. The number of carbonyl (C=O) groups is 2. The summed E-state index contributed by atoms with van der Waals surface area (Å²) >= 11 is 0. The second-order valence-electron chi connectivity index (χ2n) is 4.05. The van der Waals surface area contributed by atoms with E-state index in [0.29, 0.717) is 5.56 Å². The number of carbonyl (C=O) groups excluding carboxylic acids is 1. The van der Waals surface area contributed by atoms with Crippen molar-refractivity contribution in [2.24, 2.45) is 0 Å². The fourth-order valence-corrected chi connectivity index (χ4v) is 1.67. The first-order valence-electron chi connectivity index (χ1n) is 5.65. The first-order chi connectivity index (χ1) is 9.08. The minimum Gasteiger partial charge on any atom is -0.480 e. The predicted molar refractivity (Wildman–Crippen MR) is 68.2 cm³/mol. The maximum Gasteiger partial charge on any atom is 0.323 e. The third-order valence-electron chi connectivity index (χ3n) is 2.60. The van der Waals surface area contributed by atoms with E-state index in [9.17, 15) is 9.59 Å². The van der Waals surface area contributed by atoms with Crippen LogP contribution >= 0.6 is 0 Å². The predicted octanol–water partition coefficient (Wildman–Crippen LogP) is 1.03. The van der Waals surface area contributed by atoms with Crippen LogP contribution in [0.1, 0.15) is 10.4 Å². The van der Waals surface area contributed by atoms with Crippen LogP contribution in [0.3, 0.4) is 0 Å². The smallest absolute Gasteiger partial charge is 0.323 e. The number of benzene rings is 1. The third-order valence-corrected chi connectivity index (χ3v) is 2.60. The average molecular weight is 259 g/mol. The molecular formula is C13H13N3O3. The molecule has 0 saturated heterocycles. The van der Waals surface area contributed by atoms with Crippen LogP contribution in [0, 0.1) is 0 Å². The maximum absolute atomic E-state index is 11.9. The van der Waals surface area contributed by atoms with Gasteiger partial charge in [-0.2, -0.15) is 5.10 Å². The van der Waals surface area contributed by atoms with E-state index in [1.54, 1.807) is 47.4 Å². The van der Waals surface area contributed by atoms with Gasteiger partial charge in [0.1, 0.15) is 6.54 Å². The Morgan fingerprint density at radius 2 is 2.00 bits per heavy atom. The lowest BCUT2D eigenvalue weighted by Gasteiger charge is -2.14. The van der Waals surface area contributed by atoms with Crippen molar-refractivity contribution in [2.75, 3.05) is 13.6 Å². The minimum absolute atomic E-state index is 0.320. The van der Waals surface area contributed by atoms with E-state index in [-0.39, 0.29) is 12.5 Å². The Bertz CT molecular complexity index is 576. The van der Waals surface area contributed by atoms with Crippen molar-refractivity contribution in [1.82, 2.24) is 14.7 Å². The number of carboxylic acid groups (broad SMARTS) is 1. The molecule has 0 atom stereocenters. The largest absolute Gasteiger partial charge is 0.480 e. The highest BCUT2D eigenvalue weighted by Gasteiger charge is 2.14. The van der Waals surface area contributed by atoms with Crippen LogP contribution < -0.4 is 0 Å². The Hall–Kier alpha value is -2.63. The summed E-state index contributed by atoms with van der Waals surface area (Å²) in [6.45, 7) is -0.320. The zero-order chi connectivity index (χ0) is 13.8. The molecule has 19 heavy (non-hydrogen) atoms. The fourth-order valence-electron chi connectivity index (χ4n) is 1.67. The highest BCUT2D eigenvalue weighted by atomic mass is 16.4. The molecule has 1 amide bonds. The summed E-state index contributed by atoms with van der Waals surface area (Å²) in [5.41, 5.74) is 1.28. The van der Waals surface area contributed by atoms with Crippen LogP contribution in [0.4, 0.5) is 0 Å². The van der Waals surface area contributed by atoms with Gasteiger partial charge in [0.25, 0.3) is 5.91 Å². The molecule has 0 fully saturated rings. The number of hydrogen-bond acceptors (Lipinski definition) is 3. The topological polar surface area (TPSA) is 75.4 Å². The van der Waals surface area contributed by atoms with Crippen molar-refractivity contribution in [2.45, 2.75) is 0 Å². The number of hydrogen-bond donors (Lipinski definition) is 1. The molecule has 98 valence electrons. The average Bonchev–Trinajstić information content (AvgIpc) is 2.91. The summed E-state index contributed by atoms with van der Waals surface area (Å²) < 4.78 is 1.68. The molecule has 1 aromatic heterocycles. The molecular weight excluding hydrogens is 246 g/mol. The zero-order valence-electron chi connectivity index (χ0n) is 10.4. The molecule has 0 aliphatic rings. The number of nitrogens with zero attached hydrogens (tertiary/aromatic N) is 3. The van der Waals surface area contributed by atoms with Gasteiger partial charge >= 0.3 is 5.97 Å². The summed E-state index contributed by atoms with van der Waals surface area (Å²) in [5, 5.41) is 12.7. The molecule has 0 radical (unpaired) electrons. The van der Waals surface area contributed by atoms with E-state index in [4.69, 9.17) is 5.11 Å². The number of carboxylic acids is 1. The quantitative estimate of drug-likeness (QED) is 0.889. The Morgan fingerprint density at radius 3 is 2.53 bits per heavy atom. The molecule has 1 heterocycles. The van der Waals surface area contributed by atoms with E-state index in [2.05, 4.69) is 5.10 Å². The maximum atomic E-state index is 11.9. The van der Waals surface area contributed by atoms with E-state index in [0.717, 1.165) is 10.6 Å². The molecule has 0 spiro atoms. The molecule has 1 aromatic carbocycles. The molecule has 0 unspecified atom stereocenters. The number of likely N-dealkylation sites (N-methyl/N-ethyl adjacent to an activating group) is 1. The lowest BCUT2D eigenvalue weighted by Crippen LogP contribution is -2.31. The number of rotatable bonds is 4. The molecule has 6 heteroatoms. The van der Waals surface area contributed by atoms with Gasteiger partial charge in [-0.1, -0.05) is 0 Å². The summed E-state index contributed by atoms with van der Waals surface area (Å²) in [7, 11) is 1.46. The Balaban J connectivity index is 2.14. The highest BCUT2D eigenvalue weighted by molar-refractivity contribution is 5.95. The van der Waals surface area contributed by atoms with Crippen LogP contribution in [0.15, 0.2) is 42.7 Å². The Kier molecular flexibility index (Phi) is 3.61. The molecule has 0 saturated carbocycles. The third kappa shape index (κ3) is 2.98. The van der Waals surface area contributed by atoms with Crippen LogP contribution in [-0.2, 0) is 4.79 Å². The number of aliphatic carboxylic acids is 1. The second-order valence-corrected chi connectivity index (χ2v) is 4.05. The highest BCUT2D eigenvalue weighted by Crippen LogP contribution is 2.10. The van der Waals surface area contributed by atoms with Gasteiger partial charge in [-0.05, 0) is 30.3 Å². The van der Waals surface area contributed by atoms with Crippen LogP contribution in [0.2, 0.25) is 0 Å². The van der Waals surface area contributed by atoms with Gasteiger partial charge in [0.15, 0.2) is 0 Å². The van der Waals surface area contributed by atoms with Crippen molar-refractivity contribution < 1.29 is 14.7 Å². The van der Waals surface area contributed by atoms with Crippen molar-refractivity contribution in [3.63, 3.8) is 0 Å². The molecule has 0 bridgehead atoms. The monoisotopic (exact) mass is 259 g/mol. The van der Waals surface area contributed by atoms with Gasteiger partial charge in [-0.3, -0.25) is 9.59 Å². The van der Waals surface area contributed by atoms with Gasteiger partial charge in [0.05, 0.1) is 5.69 Å². The summed E-state index contributed by atoms with van der Waals surface area (Å²) in [5.74, 6) is -1.36. The SMILES string of the molecule is CN(CC(=O)O)C(=O)c1ccc(-n2cccn2)cc1. The summed E-state index contributed by atoms with van der Waals surface area (Å²) in [6, 6.07) is 8.62. The lowest BCUT2D eigenvalue weighted by atomic mass is 10.2. The van der Waals surface area contributed by atoms with Gasteiger partial charge in [0, 0.05) is 25.0 Å². The van der Waals surface area contributed by atoms with Gasteiger partial charge in [0.2, 0.25) is 0 Å². The molecule has 1 N–H and O–H groups in total. The Labute approximate surface area is 109 Å².